The van der Waals surface area contributed by atoms with Crippen LogP contribution in [-0.4, -0.2) is 19.4 Å². The maximum atomic E-state index is 12.3. The van der Waals surface area contributed by atoms with Gasteiger partial charge in [0.05, 0.1) is 0 Å². The van der Waals surface area contributed by atoms with E-state index in [9.17, 15) is 8.42 Å². The van der Waals surface area contributed by atoms with Gasteiger partial charge in [-0.15, -0.1) is 0 Å². The second-order valence-corrected chi connectivity index (χ2v) is 6.83. The highest BCUT2D eigenvalue weighted by Gasteiger charge is 2.27. The number of aromatic nitrogens is 1. The monoisotopic (exact) mass is 308 g/mol. The van der Waals surface area contributed by atoms with Crippen LogP contribution >= 0.6 is 11.6 Å². The van der Waals surface area contributed by atoms with Crippen LogP contribution in [0.5, 0.6) is 0 Å². The lowest BCUT2D eigenvalue weighted by Gasteiger charge is -2.13. The fourth-order valence-electron chi connectivity index (χ4n) is 2.50. The van der Waals surface area contributed by atoms with Crippen molar-refractivity contribution in [2.75, 3.05) is 0 Å². The largest absolute Gasteiger partial charge is 0.243 e. The van der Waals surface area contributed by atoms with Crippen molar-refractivity contribution in [3.8, 4) is 0 Å². The number of pyridine rings is 1. The summed E-state index contributed by atoms with van der Waals surface area (Å²) in [7, 11) is -3.64. The normalized spacial score (nSPS) is 15.2. The lowest BCUT2D eigenvalue weighted by molar-refractivity contribution is 0.555. The van der Waals surface area contributed by atoms with Gasteiger partial charge in [-0.05, 0) is 36.1 Å². The highest BCUT2D eigenvalue weighted by atomic mass is 35.5. The van der Waals surface area contributed by atoms with E-state index in [-0.39, 0.29) is 16.1 Å². The Morgan fingerprint density at radius 3 is 2.35 bits per heavy atom. The van der Waals surface area contributed by atoms with Gasteiger partial charge in [0, 0.05) is 12.2 Å². The molecule has 0 spiro atoms. The Kier molecular flexibility index (Phi) is 3.50. The highest BCUT2D eigenvalue weighted by molar-refractivity contribution is 7.89. The number of rotatable bonds is 3. The van der Waals surface area contributed by atoms with Crippen LogP contribution in [0, 0.1) is 0 Å². The number of fused-ring (bicyclic) bond motifs is 1. The molecule has 104 valence electrons. The molecule has 1 heterocycles. The van der Waals surface area contributed by atoms with Gasteiger partial charge in [-0.25, -0.2) is 18.1 Å². The zero-order valence-corrected chi connectivity index (χ0v) is 12.2. The zero-order chi connectivity index (χ0) is 14.2. The van der Waals surface area contributed by atoms with Gasteiger partial charge in [0.25, 0.3) is 0 Å². The van der Waals surface area contributed by atoms with Gasteiger partial charge in [0.1, 0.15) is 10.0 Å². The molecule has 0 unspecified atom stereocenters. The molecule has 4 nitrogen and oxygen atoms in total. The van der Waals surface area contributed by atoms with Gasteiger partial charge >= 0.3 is 0 Å². The van der Waals surface area contributed by atoms with Crippen molar-refractivity contribution < 1.29 is 8.42 Å². The van der Waals surface area contributed by atoms with Crippen LogP contribution < -0.4 is 4.72 Å². The summed E-state index contributed by atoms with van der Waals surface area (Å²) in [5.74, 6) is 0. The lowest BCUT2D eigenvalue weighted by Crippen LogP contribution is -2.35. The smallest absolute Gasteiger partial charge is 0.243 e. The van der Waals surface area contributed by atoms with E-state index in [2.05, 4.69) is 9.71 Å². The summed E-state index contributed by atoms with van der Waals surface area (Å²) in [6, 6.07) is 10.9. The fraction of sp³-hybridized carbons (Fsp3) is 0.214. The molecule has 20 heavy (non-hydrogen) atoms. The first-order valence-electron chi connectivity index (χ1n) is 6.26. The minimum absolute atomic E-state index is 0.00416. The van der Waals surface area contributed by atoms with Crippen molar-refractivity contribution in [1.29, 1.82) is 0 Å². The molecule has 3 rings (SSSR count). The van der Waals surface area contributed by atoms with E-state index in [1.807, 2.05) is 24.3 Å². The fourth-order valence-corrected chi connectivity index (χ4v) is 4.19. The highest BCUT2D eigenvalue weighted by Crippen LogP contribution is 2.24. The van der Waals surface area contributed by atoms with Gasteiger partial charge in [-0.1, -0.05) is 35.9 Å². The average molecular weight is 309 g/mol. The van der Waals surface area contributed by atoms with Crippen LogP contribution in [0.15, 0.2) is 47.5 Å². The van der Waals surface area contributed by atoms with Crippen molar-refractivity contribution in [3.05, 3.63) is 58.9 Å². The molecule has 1 aliphatic rings. The molecule has 1 aromatic heterocycles. The Balaban J connectivity index is 1.81. The van der Waals surface area contributed by atoms with Gasteiger partial charge in [-0.3, -0.25) is 0 Å². The summed E-state index contributed by atoms with van der Waals surface area (Å²) in [5.41, 5.74) is 2.38. The van der Waals surface area contributed by atoms with Gasteiger partial charge in [-0.2, -0.15) is 0 Å². The molecule has 0 amide bonds. The van der Waals surface area contributed by atoms with Crippen molar-refractivity contribution in [2.24, 2.45) is 0 Å². The summed E-state index contributed by atoms with van der Waals surface area (Å²) in [4.78, 5) is 3.83. The number of sulfonamides is 1. The van der Waals surface area contributed by atoms with E-state index in [0.29, 0.717) is 12.8 Å². The van der Waals surface area contributed by atoms with Crippen molar-refractivity contribution in [3.63, 3.8) is 0 Å². The molecule has 1 aromatic carbocycles. The molecular weight excluding hydrogens is 296 g/mol. The quantitative estimate of drug-likeness (QED) is 0.884. The second kappa shape index (κ2) is 5.16. The Morgan fingerprint density at radius 2 is 1.75 bits per heavy atom. The van der Waals surface area contributed by atoms with Crippen LogP contribution in [0.2, 0.25) is 5.15 Å². The standard InChI is InChI=1S/C14H13ClN2O2S/c15-14-13(6-3-7-16-14)20(18,19)17-12-8-10-4-1-2-5-11(10)9-12/h1-7,12,17H,8-9H2. The van der Waals surface area contributed by atoms with Gasteiger partial charge in [0.2, 0.25) is 10.0 Å². The van der Waals surface area contributed by atoms with Crippen molar-refractivity contribution >= 4 is 21.6 Å². The van der Waals surface area contributed by atoms with Crippen LogP contribution in [-0.2, 0) is 22.9 Å². The molecule has 0 saturated heterocycles. The predicted molar refractivity (Wildman–Crippen MR) is 77.2 cm³/mol. The summed E-state index contributed by atoms with van der Waals surface area (Å²) in [5, 5.41) is -0.00416. The summed E-state index contributed by atoms with van der Waals surface area (Å²) in [6.07, 6.45) is 2.87. The van der Waals surface area contributed by atoms with E-state index in [1.54, 1.807) is 6.07 Å². The maximum Gasteiger partial charge on any atom is 0.243 e. The second-order valence-electron chi connectivity index (χ2n) is 4.79. The molecule has 0 aliphatic heterocycles. The number of nitrogens with zero attached hydrogens (tertiary/aromatic N) is 1. The Labute approximate surface area is 122 Å². The molecule has 1 aliphatic carbocycles. The lowest BCUT2D eigenvalue weighted by atomic mass is 10.1. The van der Waals surface area contributed by atoms with Gasteiger partial charge in [0.15, 0.2) is 0 Å². The maximum absolute atomic E-state index is 12.3. The average Bonchev–Trinajstić information content (AvgIpc) is 2.80. The van der Waals surface area contributed by atoms with Gasteiger partial charge < -0.3 is 0 Å². The van der Waals surface area contributed by atoms with Crippen molar-refractivity contribution in [2.45, 2.75) is 23.8 Å². The van der Waals surface area contributed by atoms with E-state index in [4.69, 9.17) is 11.6 Å². The molecule has 0 atom stereocenters. The van der Waals surface area contributed by atoms with E-state index >= 15 is 0 Å². The number of hydrogen-bond donors (Lipinski definition) is 1. The summed E-state index contributed by atoms with van der Waals surface area (Å²) >= 11 is 5.85. The van der Waals surface area contributed by atoms with Crippen LogP contribution in [0.3, 0.4) is 0 Å². The SMILES string of the molecule is O=S(=O)(NC1Cc2ccccc2C1)c1cccnc1Cl. The predicted octanol–water partition coefficient (Wildman–Crippen LogP) is 2.18. The number of halogens is 1. The first kappa shape index (κ1) is 13.5. The molecule has 0 saturated carbocycles. The molecule has 0 bridgehead atoms. The molecule has 0 fully saturated rings. The Hall–Kier alpha value is -1.43. The van der Waals surface area contributed by atoms with Crippen LogP contribution in [0.25, 0.3) is 0 Å². The third kappa shape index (κ3) is 2.57. The van der Waals surface area contributed by atoms with E-state index < -0.39 is 10.0 Å². The Morgan fingerprint density at radius 1 is 1.10 bits per heavy atom. The zero-order valence-electron chi connectivity index (χ0n) is 10.6. The minimum atomic E-state index is -3.64. The molecule has 6 heteroatoms. The van der Waals surface area contributed by atoms with E-state index in [1.165, 1.54) is 23.4 Å². The topological polar surface area (TPSA) is 59.1 Å². The summed E-state index contributed by atoms with van der Waals surface area (Å²) < 4.78 is 27.4. The molecule has 1 N–H and O–H groups in total. The number of hydrogen-bond acceptors (Lipinski definition) is 3. The third-order valence-corrected chi connectivity index (χ3v) is 5.35. The summed E-state index contributed by atoms with van der Waals surface area (Å²) in [6.45, 7) is 0. The number of benzene rings is 1. The Bertz CT molecular complexity index is 721. The van der Waals surface area contributed by atoms with Crippen LogP contribution in [0.1, 0.15) is 11.1 Å². The number of nitrogens with one attached hydrogen (secondary N) is 1. The van der Waals surface area contributed by atoms with Crippen molar-refractivity contribution in [1.82, 2.24) is 9.71 Å². The van der Waals surface area contributed by atoms with E-state index in [0.717, 1.165) is 0 Å². The minimum Gasteiger partial charge on any atom is -0.243 e. The molecular formula is C14H13ClN2O2S. The molecule has 0 radical (unpaired) electrons. The third-order valence-electron chi connectivity index (χ3n) is 3.39. The van der Waals surface area contributed by atoms with Crippen LogP contribution in [0.4, 0.5) is 0 Å². The first-order valence-corrected chi connectivity index (χ1v) is 8.12. The molecule has 2 aromatic rings. The first-order chi connectivity index (χ1) is 9.56.